The molecule has 0 saturated carbocycles. The van der Waals surface area contributed by atoms with E-state index in [1.807, 2.05) is 6.92 Å². The third-order valence-corrected chi connectivity index (χ3v) is 2.54. The Kier molecular flexibility index (Phi) is 3.92. The second kappa shape index (κ2) is 5.62. The fourth-order valence-electron chi connectivity index (χ4n) is 1.65. The van der Waals surface area contributed by atoms with E-state index in [4.69, 9.17) is 18.9 Å². The molecule has 5 heteroatoms. The molecule has 1 aromatic carbocycles. The zero-order chi connectivity index (χ0) is 13.0. The van der Waals surface area contributed by atoms with E-state index in [0.717, 1.165) is 0 Å². The van der Waals surface area contributed by atoms with Crippen molar-refractivity contribution in [1.29, 1.82) is 0 Å². The lowest BCUT2D eigenvalue weighted by atomic mass is 10.2. The molecule has 0 amide bonds. The molecule has 0 radical (unpaired) electrons. The summed E-state index contributed by atoms with van der Waals surface area (Å²) in [6.45, 7) is 4.20. The van der Waals surface area contributed by atoms with Crippen LogP contribution in [0.4, 0.5) is 0 Å². The summed E-state index contributed by atoms with van der Waals surface area (Å²) < 4.78 is 21.0. The second-order valence-corrected chi connectivity index (χ2v) is 3.78. The van der Waals surface area contributed by atoms with E-state index in [9.17, 15) is 4.79 Å². The second-order valence-electron chi connectivity index (χ2n) is 3.78. The van der Waals surface area contributed by atoms with Gasteiger partial charge in [-0.15, -0.1) is 0 Å². The Morgan fingerprint density at radius 1 is 1.33 bits per heavy atom. The molecular formula is C13H16O5. The summed E-state index contributed by atoms with van der Waals surface area (Å²) in [6.07, 6.45) is -0.0434. The van der Waals surface area contributed by atoms with Crippen molar-refractivity contribution in [3.63, 3.8) is 0 Å². The molecule has 98 valence electrons. The number of fused-ring (bicyclic) bond motifs is 1. The first-order valence-corrected chi connectivity index (χ1v) is 5.97. The standard InChI is InChI=1S/C13H16O5/c1-3-10(13(14)15-4-2)18-9-5-6-11-12(7-9)17-8-16-11/h5-7,10H,3-4,8H2,1-2H3/t10-/m0/s1. The van der Waals surface area contributed by atoms with Gasteiger partial charge in [-0.2, -0.15) is 0 Å². The number of ether oxygens (including phenoxy) is 4. The van der Waals surface area contributed by atoms with Crippen LogP contribution < -0.4 is 14.2 Å². The highest BCUT2D eigenvalue weighted by Gasteiger charge is 2.21. The minimum absolute atomic E-state index is 0.216. The zero-order valence-electron chi connectivity index (χ0n) is 10.5. The average molecular weight is 252 g/mol. The lowest BCUT2D eigenvalue weighted by molar-refractivity contribution is -0.151. The molecule has 1 aliphatic rings. The van der Waals surface area contributed by atoms with E-state index in [2.05, 4.69) is 0 Å². The van der Waals surface area contributed by atoms with Crippen molar-refractivity contribution in [3.05, 3.63) is 18.2 Å². The summed E-state index contributed by atoms with van der Waals surface area (Å²) in [5.41, 5.74) is 0. The summed E-state index contributed by atoms with van der Waals surface area (Å²) in [5, 5.41) is 0. The topological polar surface area (TPSA) is 54.0 Å². The molecule has 0 saturated heterocycles. The maximum atomic E-state index is 11.6. The molecule has 0 aromatic heterocycles. The lowest BCUT2D eigenvalue weighted by Crippen LogP contribution is -2.28. The fraction of sp³-hybridized carbons (Fsp3) is 0.462. The van der Waals surface area contributed by atoms with Gasteiger partial charge >= 0.3 is 5.97 Å². The largest absolute Gasteiger partial charge is 0.479 e. The number of benzene rings is 1. The van der Waals surface area contributed by atoms with Gasteiger partial charge in [0.2, 0.25) is 6.79 Å². The van der Waals surface area contributed by atoms with Crippen molar-refractivity contribution in [2.24, 2.45) is 0 Å². The summed E-state index contributed by atoms with van der Waals surface area (Å²) in [6, 6.07) is 5.22. The van der Waals surface area contributed by atoms with Gasteiger partial charge < -0.3 is 18.9 Å². The minimum Gasteiger partial charge on any atom is -0.479 e. The Bertz CT molecular complexity index is 429. The Morgan fingerprint density at radius 2 is 2.11 bits per heavy atom. The molecule has 0 aliphatic carbocycles. The Balaban J connectivity index is 2.05. The number of hydrogen-bond donors (Lipinski definition) is 0. The summed E-state index contributed by atoms with van der Waals surface area (Å²) >= 11 is 0. The van der Waals surface area contributed by atoms with Crippen LogP contribution in [0.5, 0.6) is 17.2 Å². The maximum absolute atomic E-state index is 11.6. The Hall–Kier alpha value is -1.91. The molecule has 1 atom stereocenters. The smallest absolute Gasteiger partial charge is 0.347 e. The van der Waals surface area contributed by atoms with Crippen LogP contribution >= 0.6 is 0 Å². The highest BCUT2D eigenvalue weighted by Crippen LogP contribution is 2.35. The van der Waals surface area contributed by atoms with Crippen molar-refractivity contribution in [3.8, 4) is 17.2 Å². The average Bonchev–Trinajstić information content (AvgIpc) is 2.83. The van der Waals surface area contributed by atoms with Crippen LogP contribution in [0.2, 0.25) is 0 Å². The minimum atomic E-state index is -0.592. The first kappa shape index (κ1) is 12.5. The molecule has 0 fully saturated rings. The van der Waals surface area contributed by atoms with Crippen LogP contribution in [0, 0.1) is 0 Å². The number of esters is 1. The van der Waals surface area contributed by atoms with Crippen molar-refractivity contribution in [2.75, 3.05) is 13.4 Å². The van der Waals surface area contributed by atoms with Gasteiger partial charge in [0, 0.05) is 6.07 Å². The van der Waals surface area contributed by atoms with Gasteiger partial charge in [-0.25, -0.2) is 4.79 Å². The first-order valence-electron chi connectivity index (χ1n) is 5.97. The van der Waals surface area contributed by atoms with E-state index in [0.29, 0.717) is 30.3 Å². The van der Waals surface area contributed by atoms with Gasteiger partial charge in [-0.1, -0.05) is 6.92 Å². The van der Waals surface area contributed by atoms with Crippen LogP contribution in [-0.4, -0.2) is 25.5 Å². The molecule has 1 heterocycles. The number of carbonyl (C=O) groups excluding carboxylic acids is 1. The molecule has 0 bridgehead atoms. The first-order chi connectivity index (χ1) is 8.74. The van der Waals surface area contributed by atoms with Crippen LogP contribution in [0.1, 0.15) is 20.3 Å². The highest BCUT2D eigenvalue weighted by atomic mass is 16.7. The summed E-state index contributed by atoms with van der Waals surface area (Å²) in [4.78, 5) is 11.6. The molecule has 0 N–H and O–H groups in total. The molecule has 5 nitrogen and oxygen atoms in total. The predicted octanol–water partition coefficient (Wildman–Crippen LogP) is 2.14. The van der Waals surface area contributed by atoms with Crippen LogP contribution in [0.3, 0.4) is 0 Å². The third-order valence-electron chi connectivity index (χ3n) is 2.54. The summed E-state index contributed by atoms with van der Waals surface area (Å²) in [5.74, 6) is 1.54. The molecule has 1 aromatic rings. The Labute approximate surface area is 106 Å². The van der Waals surface area contributed by atoms with Gasteiger partial charge in [-0.05, 0) is 25.5 Å². The van der Waals surface area contributed by atoms with E-state index in [-0.39, 0.29) is 12.8 Å². The van der Waals surface area contributed by atoms with Crippen molar-refractivity contribution >= 4 is 5.97 Å². The van der Waals surface area contributed by atoms with Crippen molar-refractivity contribution < 1.29 is 23.7 Å². The van der Waals surface area contributed by atoms with Crippen LogP contribution in [0.25, 0.3) is 0 Å². The van der Waals surface area contributed by atoms with E-state index in [1.165, 1.54) is 0 Å². The molecule has 1 aliphatic heterocycles. The molecule has 2 rings (SSSR count). The molecular weight excluding hydrogens is 236 g/mol. The van der Waals surface area contributed by atoms with Gasteiger partial charge in [0.15, 0.2) is 17.6 Å². The van der Waals surface area contributed by atoms with Gasteiger partial charge in [0.25, 0.3) is 0 Å². The van der Waals surface area contributed by atoms with Crippen molar-refractivity contribution in [2.45, 2.75) is 26.4 Å². The molecule has 18 heavy (non-hydrogen) atoms. The summed E-state index contributed by atoms with van der Waals surface area (Å²) in [7, 11) is 0. The van der Waals surface area contributed by atoms with Gasteiger partial charge in [-0.3, -0.25) is 0 Å². The number of rotatable bonds is 5. The van der Waals surface area contributed by atoms with Crippen LogP contribution in [-0.2, 0) is 9.53 Å². The normalized spacial score (nSPS) is 14.1. The highest BCUT2D eigenvalue weighted by molar-refractivity contribution is 5.75. The van der Waals surface area contributed by atoms with Crippen molar-refractivity contribution in [1.82, 2.24) is 0 Å². The fourth-order valence-corrected chi connectivity index (χ4v) is 1.65. The molecule has 0 unspecified atom stereocenters. The monoisotopic (exact) mass is 252 g/mol. The third kappa shape index (κ3) is 2.67. The predicted molar refractivity (Wildman–Crippen MR) is 63.9 cm³/mol. The molecule has 0 spiro atoms. The van der Waals surface area contributed by atoms with Gasteiger partial charge in [0.05, 0.1) is 6.61 Å². The number of hydrogen-bond acceptors (Lipinski definition) is 5. The quantitative estimate of drug-likeness (QED) is 0.751. The SMILES string of the molecule is CCOC(=O)[C@H](CC)Oc1ccc2c(c1)OCO2. The number of carbonyl (C=O) groups is 1. The van der Waals surface area contributed by atoms with E-state index < -0.39 is 6.10 Å². The van der Waals surface area contributed by atoms with Gasteiger partial charge in [0.1, 0.15) is 5.75 Å². The maximum Gasteiger partial charge on any atom is 0.347 e. The lowest BCUT2D eigenvalue weighted by Gasteiger charge is -2.16. The Morgan fingerprint density at radius 3 is 2.83 bits per heavy atom. The van der Waals surface area contributed by atoms with Crippen LogP contribution in [0.15, 0.2) is 18.2 Å². The zero-order valence-corrected chi connectivity index (χ0v) is 10.5. The van der Waals surface area contributed by atoms with E-state index in [1.54, 1.807) is 25.1 Å². The van der Waals surface area contributed by atoms with E-state index >= 15 is 0 Å².